The molecule has 0 aliphatic carbocycles. The first-order valence-corrected chi connectivity index (χ1v) is 7.79. The summed E-state index contributed by atoms with van der Waals surface area (Å²) in [5.41, 5.74) is 2.34. The van der Waals surface area contributed by atoms with E-state index in [2.05, 4.69) is 45.3 Å². The molecular formula is C17H21BrN2O. The van der Waals surface area contributed by atoms with Gasteiger partial charge in [0.2, 0.25) is 0 Å². The summed E-state index contributed by atoms with van der Waals surface area (Å²) in [7, 11) is 3.83. The van der Waals surface area contributed by atoms with Crippen LogP contribution in [0.5, 0.6) is 5.75 Å². The van der Waals surface area contributed by atoms with Gasteiger partial charge >= 0.3 is 0 Å². The van der Waals surface area contributed by atoms with Crippen molar-refractivity contribution in [2.45, 2.75) is 6.54 Å². The van der Waals surface area contributed by atoms with Gasteiger partial charge in [-0.1, -0.05) is 30.3 Å². The average Bonchev–Trinajstić information content (AvgIpc) is 2.50. The second-order valence-electron chi connectivity index (χ2n) is 4.96. The average molecular weight is 349 g/mol. The third-order valence-corrected chi connectivity index (χ3v) is 4.01. The summed E-state index contributed by atoms with van der Waals surface area (Å²) in [5, 5.41) is 3.44. The number of anilines is 1. The first-order valence-electron chi connectivity index (χ1n) is 6.99. The molecule has 0 atom stereocenters. The number of hydrogen-bond acceptors (Lipinski definition) is 3. The van der Waals surface area contributed by atoms with E-state index in [1.807, 2.05) is 36.4 Å². The van der Waals surface area contributed by atoms with Crippen molar-refractivity contribution in [2.75, 3.05) is 32.6 Å². The number of halogens is 1. The molecule has 0 aliphatic heterocycles. The molecule has 3 nitrogen and oxygen atoms in total. The van der Waals surface area contributed by atoms with Gasteiger partial charge in [0, 0.05) is 35.4 Å². The molecule has 112 valence electrons. The molecule has 2 aromatic rings. The third-order valence-electron chi connectivity index (χ3n) is 3.32. The molecule has 0 spiro atoms. The number of methoxy groups -OCH3 is 1. The van der Waals surface area contributed by atoms with E-state index < -0.39 is 0 Å². The highest BCUT2D eigenvalue weighted by Gasteiger charge is 2.05. The maximum Gasteiger partial charge on any atom is 0.123 e. The van der Waals surface area contributed by atoms with Gasteiger partial charge in [0.25, 0.3) is 0 Å². The summed E-state index contributed by atoms with van der Waals surface area (Å²) >= 11 is 3.54. The molecular weight excluding hydrogens is 328 g/mol. The van der Waals surface area contributed by atoms with Crippen LogP contribution in [0.1, 0.15) is 5.56 Å². The zero-order valence-electron chi connectivity index (χ0n) is 12.5. The van der Waals surface area contributed by atoms with Crippen LogP contribution in [0, 0.1) is 0 Å². The van der Waals surface area contributed by atoms with Crippen molar-refractivity contribution in [1.29, 1.82) is 0 Å². The first kappa shape index (κ1) is 15.9. The zero-order valence-corrected chi connectivity index (χ0v) is 14.1. The molecule has 0 amide bonds. The molecule has 1 N–H and O–H groups in total. The number of nitrogens with zero attached hydrogens (tertiary/aromatic N) is 1. The Morgan fingerprint density at radius 1 is 1.10 bits per heavy atom. The second-order valence-corrected chi connectivity index (χ2v) is 5.81. The smallest absolute Gasteiger partial charge is 0.123 e. The van der Waals surface area contributed by atoms with E-state index in [9.17, 15) is 0 Å². The van der Waals surface area contributed by atoms with Gasteiger partial charge in [-0.3, -0.25) is 0 Å². The minimum absolute atomic E-state index is 0.877. The normalized spacial score (nSPS) is 10.7. The van der Waals surface area contributed by atoms with Crippen molar-refractivity contribution >= 4 is 21.6 Å². The van der Waals surface area contributed by atoms with Crippen molar-refractivity contribution in [2.24, 2.45) is 0 Å². The molecule has 0 saturated heterocycles. The molecule has 2 aromatic carbocycles. The largest absolute Gasteiger partial charge is 0.496 e. The van der Waals surface area contributed by atoms with Crippen LogP contribution in [0.3, 0.4) is 0 Å². The molecule has 0 aromatic heterocycles. The molecule has 0 unspecified atom stereocenters. The summed E-state index contributed by atoms with van der Waals surface area (Å²) in [6.45, 7) is 2.73. The van der Waals surface area contributed by atoms with Crippen LogP contribution in [0.2, 0.25) is 0 Å². The van der Waals surface area contributed by atoms with E-state index in [0.717, 1.165) is 35.5 Å². The Kier molecular flexibility index (Phi) is 6.08. The number of hydrogen-bond donors (Lipinski definition) is 1. The lowest BCUT2D eigenvalue weighted by molar-refractivity contribution is 0.328. The quantitative estimate of drug-likeness (QED) is 0.818. The minimum atomic E-state index is 0.877. The Hall–Kier alpha value is -1.52. The van der Waals surface area contributed by atoms with Crippen LogP contribution >= 0.6 is 15.9 Å². The monoisotopic (exact) mass is 348 g/mol. The zero-order chi connectivity index (χ0) is 15.1. The number of ether oxygens (including phenoxy) is 1. The highest BCUT2D eigenvalue weighted by Crippen LogP contribution is 2.21. The van der Waals surface area contributed by atoms with Crippen molar-refractivity contribution in [1.82, 2.24) is 4.90 Å². The third kappa shape index (κ3) is 4.76. The van der Waals surface area contributed by atoms with Crippen molar-refractivity contribution in [3.63, 3.8) is 0 Å². The molecule has 2 rings (SSSR count). The molecule has 21 heavy (non-hydrogen) atoms. The van der Waals surface area contributed by atoms with Gasteiger partial charge in [0.1, 0.15) is 5.75 Å². The lowest BCUT2D eigenvalue weighted by Crippen LogP contribution is -2.25. The Balaban J connectivity index is 1.82. The predicted octanol–water partition coefficient (Wildman–Crippen LogP) is 4.00. The van der Waals surface area contributed by atoms with E-state index in [1.54, 1.807) is 7.11 Å². The topological polar surface area (TPSA) is 24.5 Å². The molecule has 0 saturated carbocycles. The maximum absolute atomic E-state index is 5.39. The van der Waals surface area contributed by atoms with E-state index >= 15 is 0 Å². The summed E-state index contributed by atoms with van der Waals surface area (Å²) in [5.74, 6) is 0.947. The fraction of sp³-hybridized carbons (Fsp3) is 0.294. The van der Waals surface area contributed by atoms with Gasteiger partial charge in [-0.05, 0) is 41.2 Å². The van der Waals surface area contributed by atoms with Gasteiger partial charge in [0.05, 0.1) is 7.11 Å². The van der Waals surface area contributed by atoms with Crippen molar-refractivity contribution in [3.8, 4) is 5.75 Å². The lowest BCUT2D eigenvalue weighted by Gasteiger charge is -2.19. The van der Waals surface area contributed by atoms with E-state index in [4.69, 9.17) is 4.74 Å². The van der Waals surface area contributed by atoms with E-state index in [1.165, 1.54) is 5.56 Å². The van der Waals surface area contributed by atoms with Crippen LogP contribution < -0.4 is 10.1 Å². The lowest BCUT2D eigenvalue weighted by atomic mass is 10.2. The number of nitrogens with one attached hydrogen (secondary N) is 1. The molecule has 0 fully saturated rings. The van der Waals surface area contributed by atoms with Crippen molar-refractivity contribution in [3.05, 3.63) is 58.6 Å². The first-order chi connectivity index (χ1) is 10.2. The molecule has 0 radical (unpaired) electrons. The Morgan fingerprint density at radius 3 is 2.57 bits per heavy atom. The van der Waals surface area contributed by atoms with Crippen LogP contribution in [-0.2, 0) is 6.54 Å². The van der Waals surface area contributed by atoms with Crippen LogP contribution in [0.4, 0.5) is 5.69 Å². The molecule has 4 heteroatoms. The van der Waals surface area contributed by atoms with E-state index in [0.29, 0.717) is 0 Å². The number of likely N-dealkylation sites (N-methyl/N-ethyl adjacent to an activating group) is 1. The number of rotatable bonds is 7. The van der Waals surface area contributed by atoms with Gasteiger partial charge in [-0.15, -0.1) is 0 Å². The highest BCUT2D eigenvalue weighted by atomic mass is 79.9. The Bertz CT molecular complexity index is 574. The molecule has 0 bridgehead atoms. The van der Waals surface area contributed by atoms with Gasteiger partial charge in [0.15, 0.2) is 0 Å². The van der Waals surface area contributed by atoms with Crippen LogP contribution in [0.15, 0.2) is 53.0 Å². The van der Waals surface area contributed by atoms with Gasteiger partial charge in [-0.2, -0.15) is 0 Å². The minimum Gasteiger partial charge on any atom is -0.496 e. The van der Waals surface area contributed by atoms with Crippen LogP contribution in [0.25, 0.3) is 0 Å². The fourth-order valence-corrected chi connectivity index (χ4v) is 2.61. The maximum atomic E-state index is 5.39. The Labute approximate surface area is 135 Å². The van der Waals surface area contributed by atoms with Gasteiger partial charge < -0.3 is 15.0 Å². The summed E-state index contributed by atoms with van der Waals surface area (Å²) in [4.78, 5) is 2.28. The number of benzene rings is 2. The summed E-state index contributed by atoms with van der Waals surface area (Å²) in [6.07, 6.45) is 0. The standard InChI is InChI=1S/C17H21BrN2O/c1-20(13-14-7-3-6-10-17(14)21-2)12-11-19-16-9-5-4-8-15(16)18/h3-10,19H,11-13H2,1-2H3. The van der Waals surface area contributed by atoms with Gasteiger partial charge in [-0.25, -0.2) is 0 Å². The second kappa shape index (κ2) is 8.05. The number of para-hydroxylation sites is 2. The summed E-state index contributed by atoms with van der Waals surface area (Å²) < 4.78 is 6.48. The van der Waals surface area contributed by atoms with E-state index in [-0.39, 0.29) is 0 Å². The van der Waals surface area contributed by atoms with Crippen LogP contribution in [-0.4, -0.2) is 32.1 Å². The fourth-order valence-electron chi connectivity index (χ4n) is 2.19. The summed E-state index contributed by atoms with van der Waals surface area (Å²) in [6, 6.07) is 16.3. The SMILES string of the molecule is COc1ccccc1CN(C)CCNc1ccccc1Br. The predicted molar refractivity (Wildman–Crippen MR) is 92.0 cm³/mol. The Morgan fingerprint density at radius 2 is 1.81 bits per heavy atom. The molecule has 0 aliphatic rings. The highest BCUT2D eigenvalue weighted by molar-refractivity contribution is 9.10. The van der Waals surface area contributed by atoms with Crippen molar-refractivity contribution < 1.29 is 4.74 Å². The molecule has 0 heterocycles.